The van der Waals surface area contributed by atoms with Gasteiger partial charge in [-0.1, -0.05) is 26.2 Å². The summed E-state index contributed by atoms with van der Waals surface area (Å²) in [5.74, 6) is 0.968. The number of unbranched alkanes of at least 4 members (excludes halogenated alkanes) is 3. The van der Waals surface area contributed by atoms with Crippen molar-refractivity contribution in [3.8, 4) is 0 Å². The molecule has 0 aromatic carbocycles. The maximum atomic E-state index is 4.77. The minimum absolute atomic E-state index is 0.527. The van der Waals surface area contributed by atoms with Crippen molar-refractivity contribution < 1.29 is 0 Å². The van der Waals surface area contributed by atoms with Crippen LogP contribution in [0.5, 0.6) is 0 Å². The molecular weight excluding hydrogens is 262 g/mol. The molecule has 21 heavy (non-hydrogen) atoms. The highest BCUT2D eigenvalue weighted by Crippen LogP contribution is 2.06. The Labute approximate surface area is 131 Å². The Morgan fingerprint density at radius 2 is 1.90 bits per heavy atom. The van der Waals surface area contributed by atoms with Crippen LogP contribution in [0.25, 0.3) is 0 Å². The van der Waals surface area contributed by atoms with Gasteiger partial charge in [0.25, 0.3) is 0 Å². The number of rotatable bonds is 8. The highest BCUT2D eigenvalue weighted by atomic mass is 15.3. The van der Waals surface area contributed by atoms with Crippen molar-refractivity contribution in [2.24, 2.45) is 4.99 Å². The van der Waals surface area contributed by atoms with Crippen molar-refractivity contribution in [1.29, 1.82) is 0 Å². The van der Waals surface area contributed by atoms with Crippen molar-refractivity contribution in [1.82, 2.24) is 20.4 Å². The molecule has 1 fully saturated rings. The van der Waals surface area contributed by atoms with Gasteiger partial charge in [-0.15, -0.1) is 0 Å². The number of nitrogens with one attached hydrogen (secondary N) is 2. The SMILES string of the molecule is CCCCCCNC(=NCC1CN(C)CCN1C)NCC. The number of nitrogens with zero attached hydrogens (tertiary/aromatic N) is 3. The van der Waals surface area contributed by atoms with E-state index < -0.39 is 0 Å². The molecule has 1 aliphatic rings. The van der Waals surface area contributed by atoms with E-state index in [2.05, 4.69) is 48.4 Å². The molecule has 1 saturated heterocycles. The van der Waals surface area contributed by atoms with Crippen LogP contribution in [0, 0.1) is 0 Å². The highest BCUT2D eigenvalue weighted by Gasteiger charge is 2.21. The summed E-state index contributed by atoms with van der Waals surface area (Å²) in [4.78, 5) is 9.58. The Morgan fingerprint density at radius 3 is 2.62 bits per heavy atom. The zero-order valence-electron chi connectivity index (χ0n) is 14.5. The summed E-state index contributed by atoms with van der Waals surface area (Å²) >= 11 is 0. The Kier molecular flexibility index (Phi) is 9.42. The fraction of sp³-hybridized carbons (Fsp3) is 0.938. The molecule has 1 atom stereocenters. The van der Waals surface area contributed by atoms with Crippen LogP contribution in [0.15, 0.2) is 4.99 Å². The van der Waals surface area contributed by atoms with E-state index in [-0.39, 0.29) is 0 Å². The fourth-order valence-corrected chi connectivity index (χ4v) is 2.60. The lowest BCUT2D eigenvalue weighted by molar-refractivity contribution is 0.119. The summed E-state index contributed by atoms with van der Waals surface area (Å²) in [7, 11) is 4.40. The van der Waals surface area contributed by atoms with E-state index in [4.69, 9.17) is 4.99 Å². The zero-order valence-corrected chi connectivity index (χ0v) is 14.5. The topological polar surface area (TPSA) is 42.9 Å². The maximum absolute atomic E-state index is 4.77. The summed E-state index contributed by atoms with van der Waals surface area (Å²) < 4.78 is 0. The van der Waals surface area contributed by atoms with E-state index in [1.165, 1.54) is 25.7 Å². The smallest absolute Gasteiger partial charge is 0.191 e. The normalized spacial score (nSPS) is 21.5. The van der Waals surface area contributed by atoms with E-state index in [1.807, 2.05) is 0 Å². The van der Waals surface area contributed by atoms with Gasteiger partial charge in [-0.2, -0.15) is 0 Å². The Bertz CT molecular complexity index is 292. The molecule has 0 radical (unpaired) electrons. The minimum Gasteiger partial charge on any atom is -0.357 e. The number of hydrogen-bond donors (Lipinski definition) is 2. The summed E-state index contributed by atoms with van der Waals surface area (Å²) in [6, 6.07) is 0.527. The lowest BCUT2D eigenvalue weighted by Gasteiger charge is -2.36. The van der Waals surface area contributed by atoms with Crippen molar-refractivity contribution in [3.05, 3.63) is 0 Å². The second-order valence-corrected chi connectivity index (χ2v) is 6.10. The van der Waals surface area contributed by atoms with Gasteiger partial charge in [0.1, 0.15) is 0 Å². The van der Waals surface area contributed by atoms with Crippen molar-refractivity contribution in [2.45, 2.75) is 45.6 Å². The highest BCUT2D eigenvalue weighted by molar-refractivity contribution is 5.79. The van der Waals surface area contributed by atoms with Crippen LogP contribution in [-0.2, 0) is 0 Å². The summed E-state index contributed by atoms with van der Waals surface area (Å²) in [5.41, 5.74) is 0. The van der Waals surface area contributed by atoms with Crippen LogP contribution >= 0.6 is 0 Å². The van der Waals surface area contributed by atoms with E-state index >= 15 is 0 Å². The minimum atomic E-state index is 0.527. The standard InChI is InChI=1S/C16H35N5/c1-5-7-8-9-10-18-16(17-6-2)19-13-15-14-20(3)11-12-21(15)4/h15H,5-14H2,1-4H3,(H2,17,18,19). The fourth-order valence-electron chi connectivity index (χ4n) is 2.60. The molecule has 0 aliphatic carbocycles. The first-order valence-corrected chi connectivity index (χ1v) is 8.58. The molecule has 5 heteroatoms. The Balaban J connectivity index is 2.35. The van der Waals surface area contributed by atoms with Crippen LogP contribution in [0.1, 0.15) is 39.5 Å². The van der Waals surface area contributed by atoms with Gasteiger partial charge in [-0.05, 0) is 27.4 Å². The maximum Gasteiger partial charge on any atom is 0.191 e. The first-order chi connectivity index (χ1) is 10.2. The Morgan fingerprint density at radius 1 is 1.10 bits per heavy atom. The van der Waals surface area contributed by atoms with Gasteiger partial charge in [0.2, 0.25) is 0 Å². The number of piperazine rings is 1. The number of likely N-dealkylation sites (N-methyl/N-ethyl adjacent to an activating group) is 2. The third-order valence-corrected chi connectivity index (χ3v) is 4.11. The van der Waals surface area contributed by atoms with E-state index in [0.29, 0.717) is 6.04 Å². The van der Waals surface area contributed by atoms with Crippen LogP contribution in [0.2, 0.25) is 0 Å². The molecule has 0 aromatic heterocycles. The molecule has 0 bridgehead atoms. The second-order valence-electron chi connectivity index (χ2n) is 6.10. The molecule has 1 unspecified atom stereocenters. The molecule has 2 N–H and O–H groups in total. The molecule has 0 aromatic rings. The zero-order chi connectivity index (χ0) is 15.5. The first-order valence-electron chi connectivity index (χ1n) is 8.58. The second kappa shape index (κ2) is 10.9. The van der Waals surface area contributed by atoms with Gasteiger partial charge >= 0.3 is 0 Å². The van der Waals surface area contributed by atoms with Crippen molar-refractivity contribution >= 4 is 5.96 Å². The average Bonchev–Trinajstić information content (AvgIpc) is 2.47. The van der Waals surface area contributed by atoms with Gasteiger partial charge < -0.3 is 15.5 Å². The molecule has 0 saturated carbocycles. The lowest BCUT2D eigenvalue weighted by atomic mass is 10.2. The molecule has 1 rings (SSSR count). The van der Waals surface area contributed by atoms with Gasteiger partial charge in [0.15, 0.2) is 5.96 Å². The number of hydrogen-bond acceptors (Lipinski definition) is 3. The molecule has 1 heterocycles. The quantitative estimate of drug-likeness (QED) is 0.403. The van der Waals surface area contributed by atoms with Crippen LogP contribution in [0.4, 0.5) is 0 Å². The summed E-state index contributed by atoms with van der Waals surface area (Å²) in [6.45, 7) is 10.6. The van der Waals surface area contributed by atoms with Gasteiger partial charge in [-0.25, -0.2) is 0 Å². The molecule has 124 valence electrons. The van der Waals surface area contributed by atoms with Crippen LogP contribution in [-0.4, -0.2) is 75.2 Å². The van der Waals surface area contributed by atoms with Gasteiger partial charge in [0, 0.05) is 38.8 Å². The third kappa shape index (κ3) is 7.67. The number of aliphatic imine (C=N–C) groups is 1. The first kappa shape index (κ1) is 18.2. The third-order valence-electron chi connectivity index (χ3n) is 4.11. The molecular formula is C16H35N5. The van der Waals surface area contributed by atoms with Gasteiger partial charge in [-0.3, -0.25) is 9.89 Å². The van der Waals surface area contributed by atoms with E-state index in [9.17, 15) is 0 Å². The van der Waals surface area contributed by atoms with Crippen LogP contribution in [0.3, 0.4) is 0 Å². The molecule has 1 aliphatic heterocycles. The number of guanidine groups is 1. The molecule has 5 nitrogen and oxygen atoms in total. The van der Waals surface area contributed by atoms with Gasteiger partial charge in [0.05, 0.1) is 6.54 Å². The van der Waals surface area contributed by atoms with E-state index in [0.717, 1.165) is 45.2 Å². The van der Waals surface area contributed by atoms with Crippen molar-refractivity contribution in [3.63, 3.8) is 0 Å². The predicted molar refractivity (Wildman–Crippen MR) is 92.0 cm³/mol. The van der Waals surface area contributed by atoms with E-state index in [1.54, 1.807) is 0 Å². The molecule has 0 amide bonds. The summed E-state index contributed by atoms with van der Waals surface area (Å²) in [5, 5.41) is 6.80. The van der Waals surface area contributed by atoms with Crippen LogP contribution < -0.4 is 10.6 Å². The predicted octanol–water partition coefficient (Wildman–Crippen LogP) is 1.37. The monoisotopic (exact) mass is 297 g/mol. The lowest BCUT2D eigenvalue weighted by Crippen LogP contribution is -2.51. The Hall–Kier alpha value is -0.810. The largest absolute Gasteiger partial charge is 0.357 e. The molecule has 0 spiro atoms. The van der Waals surface area contributed by atoms with Crippen molar-refractivity contribution in [2.75, 3.05) is 53.4 Å². The summed E-state index contributed by atoms with van der Waals surface area (Å²) in [6.07, 6.45) is 5.15. The average molecular weight is 297 g/mol.